The van der Waals surface area contributed by atoms with E-state index < -0.39 is 17.9 Å². The highest BCUT2D eigenvalue weighted by Crippen LogP contribution is 2.16. The molecule has 0 aliphatic rings. The Labute approximate surface area is 122 Å². The van der Waals surface area contributed by atoms with Crippen LogP contribution >= 0.6 is 0 Å². The standard InChI is InChI=1S/C15H19NO5/c1-2-4-10(14(18)19)7-8-13(17)16-12-6-3-5-11(9-12)15(20)21/h3,5-6,9-10H,2,4,7-8H2,1H3,(H,16,17)(H,18,19)(H,20,21)/t10-/m1/s1. The molecule has 1 atom stereocenters. The summed E-state index contributed by atoms with van der Waals surface area (Å²) in [5.74, 6) is -2.80. The van der Waals surface area contributed by atoms with Gasteiger partial charge in [0.2, 0.25) is 5.91 Å². The maximum atomic E-state index is 11.8. The summed E-state index contributed by atoms with van der Waals surface area (Å²) in [7, 11) is 0. The highest BCUT2D eigenvalue weighted by atomic mass is 16.4. The molecule has 114 valence electrons. The molecule has 6 nitrogen and oxygen atoms in total. The van der Waals surface area contributed by atoms with E-state index in [1.165, 1.54) is 18.2 Å². The maximum Gasteiger partial charge on any atom is 0.335 e. The number of benzene rings is 1. The molecule has 1 amide bonds. The van der Waals surface area contributed by atoms with Gasteiger partial charge < -0.3 is 15.5 Å². The SMILES string of the molecule is CCC[C@H](CCC(=O)Nc1cccc(C(=O)O)c1)C(=O)O. The molecule has 21 heavy (non-hydrogen) atoms. The van der Waals surface area contributed by atoms with Crippen molar-refractivity contribution in [1.82, 2.24) is 0 Å². The van der Waals surface area contributed by atoms with Gasteiger partial charge in [0, 0.05) is 12.1 Å². The minimum atomic E-state index is -1.07. The molecular weight excluding hydrogens is 274 g/mol. The van der Waals surface area contributed by atoms with E-state index in [0.717, 1.165) is 6.42 Å². The summed E-state index contributed by atoms with van der Waals surface area (Å²) in [6, 6.07) is 5.92. The number of aromatic carboxylic acids is 1. The van der Waals surface area contributed by atoms with E-state index in [1.807, 2.05) is 6.92 Å². The highest BCUT2D eigenvalue weighted by molar-refractivity contribution is 5.94. The second kappa shape index (κ2) is 8.04. The third-order valence-corrected chi connectivity index (χ3v) is 3.10. The number of rotatable bonds is 8. The number of carbonyl (C=O) groups is 3. The molecule has 0 aliphatic carbocycles. The van der Waals surface area contributed by atoms with Crippen molar-refractivity contribution in [2.45, 2.75) is 32.6 Å². The van der Waals surface area contributed by atoms with Crippen molar-refractivity contribution in [3.63, 3.8) is 0 Å². The zero-order chi connectivity index (χ0) is 15.8. The Balaban J connectivity index is 2.55. The Morgan fingerprint density at radius 2 is 1.90 bits per heavy atom. The molecule has 0 heterocycles. The van der Waals surface area contributed by atoms with Crippen LogP contribution in [0, 0.1) is 5.92 Å². The Morgan fingerprint density at radius 3 is 2.48 bits per heavy atom. The van der Waals surface area contributed by atoms with Crippen LogP contribution in [0.1, 0.15) is 43.0 Å². The minimum absolute atomic E-state index is 0.0854. The van der Waals surface area contributed by atoms with E-state index in [4.69, 9.17) is 10.2 Å². The van der Waals surface area contributed by atoms with Crippen LogP contribution in [0.5, 0.6) is 0 Å². The molecule has 0 unspecified atom stereocenters. The predicted octanol–water partition coefficient (Wildman–Crippen LogP) is 2.60. The average molecular weight is 293 g/mol. The van der Waals surface area contributed by atoms with E-state index in [0.29, 0.717) is 12.1 Å². The first-order chi connectivity index (χ1) is 9.93. The quantitative estimate of drug-likeness (QED) is 0.683. The van der Waals surface area contributed by atoms with Gasteiger partial charge in [-0.2, -0.15) is 0 Å². The van der Waals surface area contributed by atoms with Crippen LogP contribution in [0.25, 0.3) is 0 Å². The molecule has 3 N–H and O–H groups in total. The third-order valence-electron chi connectivity index (χ3n) is 3.10. The fourth-order valence-electron chi connectivity index (χ4n) is 2.00. The van der Waals surface area contributed by atoms with Crippen molar-refractivity contribution < 1.29 is 24.6 Å². The summed E-state index contributed by atoms with van der Waals surface area (Å²) in [5.41, 5.74) is 0.476. The predicted molar refractivity (Wildman–Crippen MR) is 77.3 cm³/mol. The number of hydrogen-bond acceptors (Lipinski definition) is 3. The van der Waals surface area contributed by atoms with Gasteiger partial charge in [-0.1, -0.05) is 19.4 Å². The van der Waals surface area contributed by atoms with Gasteiger partial charge in [-0.15, -0.1) is 0 Å². The van der Waals surface area contributed by atoms with Gasteiger partial charge in [-0.05, 0) is 31.0 Å². The van der Waals surface area contributed by atoms with Crippen molar-refractivity contribution in [2.24, 2.45) is 5.92 Å². The molecule has 1 aromatic carbocycles. The first-order valence-electron chi connectivity index (χ1n) is 6.80. The normalized spacial score (nSPS) is 11.7. The molecular formula is C15H19NO5. The Morgan fingerprint density at radius 1 is 1.19 bits per heavy atom. The van der Waals surface area contributed by atoms with E-state index in [-0.39, 0.29) is 24.3 Å². The van der Waals surface area contributed by atoms with Crippen LogP contribution in [0.4, 0.5) is 5.69 Å². The van der Waals surface area contributed by atoms with Gasteiger partial charge in [0.1, 0.15) is 0 Å². The monoisotopic (exact) mass is 293 g/mol. The van der Waals surface area contributed by atoms with Crippen LogP contribution in [0.2, 0.25) is 0 Å². The first kappa shape index (κ1) is 16.7. The Hall–Kier alpha value is -2.37. The number of carbonyl (C=O) groups excluding carboxylic acids is 1. The summed E-state index contributed by atoms with van der Waals surface area (Å²) in [6.45, 7) is 1.90. The van der Waals surface area contributed by atoms with Gasteiger partial charge >= 0.3 is 11.9 Å². The number of aliphatic carboxylic acids is 1. The Kier molecular flexibility index (Phi) is 6.39. The largest absolute Gasteiger partial charge is 0.481 e. The van der Waals surface area contributed by atoms with Crippen LogP contribution < -0.4 is 5.32 Å². The van der Waals surface area contributed by atoms with Crippen molar-refractivity contribution in [3.05, 3.63) is 29.8 Å². The summed E-state index contributed by atoms with van der Waals surface area (Å²) in [4.78, 5) is 33.6. The zero-order valence-electron chi connectivity index (χ0n) is 11.8. The molecule has 0 spiro atoms. The second-order valence-electron chi connectivity index (χ2n) is 4.80. The van der Waals surface area contributed by atoms with E-state index in [2.05, 4.69) is 5.32 Å². The second-order valence-corrected chi connectivity index (χ2v) is 4.80. The maximum absolute atomic E-state index is 11.8. The fraction of sp³-hybridized carbons (Fsp3) is 0.400. The molecule has 0 fully saturated rings. The van der Waals surface area contributed by atoms with E-state index in [9.17, 15) is 14.4 Å². The van der Waals surface area contributed by atoms with Crippen LogP contribution in [-0.4, -0.2) is 28.1 Å². The lowest BCUT2D eigenvalue weighted by molar-refractivity contribution is -0.142. The summed E-state index contributed by atoms with van der Waals surface area (Å²) >= 11 is 0. The molecule has 1 aromatic rings. The molecule has 0 radical (unpaired) electrons. The average Bonchev–Trinajstić information content (AvgIpc) is 2.43. The number of carboxylic acid groups (broad SMARTS) is 2. The minimum Gasteiger partial charge on any atom is -0.481 e. The lowest BCUT2D eigenvalue weighted by Gasteiger charge is -2.11. The van der Waals surface area contributed by atoms with Crippen LogP contribution in [-0.2, 0) is 9.59 Å². The number of hydrogen-bond donors (Lipinski definition) is 3. The molecule has 0 saturated heterocycles. The van der Waals surface area contributed by atoms with Gasteiger partial charge in [0.15, 0.2) is 0 Å². The van der Waals surface area contributed by atoms with Gasteiger partial charge in [-0.3, -0.25) is 9.59 Å². The lowest BCUT2D eigenvalue weighted by Crippen LogP contribution is -2.18. The van der Waals surface area contributed by atoms with Crippen molar-refractivity contribution in [2.75, 3.05) is 5.32 Å². The number of carboxylic acids is 2. The smallest absolute Gasteiger partial charge is 0.335 e. The summed E-state index contributed by atoms with van der Waals surface area (Å²) in [5, 5.41) is 20.4. The summed E-state index contributed by atoms with van der Waals surface area (Å²) in [6.07, 6.45) is 1.65. The van der Waals surface area contributed by atoms with Gasteiger partial charge in [0.05, 0.1) is 11.5 Å². The first-order valence-corrected chi connectivity index (χ1v) is 6.80. The van der Waals surface area contributed by atoms with Crippen molar-refractivity contribution in [1.29, 1.82) is 0 Å². The Bertz CT molecular complexity index is 527. The molecule has 0 aliphatic heterocycles. The number of anilines is 1. The van der Waals surface area contributed by atoms with E-state index >= 15 is 0 Å². The van der Waals surface area contributed by atoms with Gasteiger partial charge in [0.25, 0.3) is 0 Å². The van der Waals surface area contributed by atoms with Gasteiger partial charge in [-0.25, -0.2) is 4.79 Å². The molecule has 0 aromatic heterocycles. The van der Waals surface area contributed by atoms with Crippen molar-refractivity contribution in [3.8, 4) is 0 Å². The molecule has 0 bridgehead atoms. The topological polar surface area (TPSA) is 104 Å². The molecule has 1 rings (SSSR count). The molecule has 0 saturated carbocycles. The van der Waals surface area contributed by atoms with E-state index in [1.54, 1.807) is 6.07 Å². The fourth-order valence-corrected chi connectivity index (χ4v) is 2.00. The highest BCUT2D eigenvalue weighted by Gasteiger charge is 2.17. The van der Waals surface area contributed by atoms with Crippen LogP contribution in [0.3, 0.4) is 0 Å². The third kappa shape index (κ3) is 5.64. The molecule has 6 heteroatoms. The number of nitrogens with one attached hydrogen (secondary N) is 1. The van der Waals surface area contributed by atoms with Crippen molar-refractivity contribution >= 4 is 23.5 Å². The van der Waals surface area contributed by atoms with Crippen LogP contribution in [0.15, 0.2) is 24.3 Å². The lowest BCUT2D eigenvalue weighted by atomic mass is 9.98. The number of amides is 1. The summed E-state index contributed by atoms with van der Waals surface area (Å²) < 4.78 is 0. The zero-order valence-corrected chi connectivity index (χ0v) is 11.8.